The lowest BCUT2D eigenvalue weighted by molar-refractivity contribution is 0.0521. The molecule has 0 bridgehead atoms. The van der Waals surface area contributed by atoms with Gasteiger partial charge in [0.1, 0.15) is 5.69 Å². The van der Waals surface area contributed by atoms with Crippen LogP contribution in [0.1, 0.15) is 17.4 Å². The number of thiophene rings is 1. The van der Waals surface area contributed by atoms with Gasteiger partial charge in [-0.1, -0.05) is 0 Å². The highest BCUT2D eigenvalue weighted by molar-refractivity contribution is 7.08. The molecule has 6 heteroatoms. The van der Waals surface area contributed by atoms with Crippen LogP contribution in [0.3, 0.4) is 0 Å². The lowest BCUT2D eigenvalue weighted by Crippen LogP contribution is -2.06. The number of carbonyl (C=O) groups excluding carboxylic acids is 1. The molecule has 1 aromatic carbocycles. The molecule has 3 aromatic rings. The molecule has 0 saturated heterocycles. The summed E-state index contributed by atoms with van der Waals surface area (Å²) < 4.78 is 15.9. The Morgan fingerprint density at radius 3 is 2.57 bits per heavy atom. The van der Waals surface area contributed by atoms with E-state index in [4.69, 9.17) is 14.2 Å². The van der Waals surface area contributed by atoms with Crippen LogP contribution in [0.4, 0.5) is 0 Å². The van der Waals surface area contributed by atoms with Crippen LogP contribution in [0.25, 0.3) is 22.0 Å². The first-order valence-electron chi connectivity index (χ1n) is 7.17. The first-order valence-corrected chi connectivity index (χ1v) is 8.11. The molecule has 0 aliphatic rings. The number of benzene rings is 1. The number of H-pyrrole nitrogens is 1. The molecule has 0 aliphatic carbocycles. The molecular formula is C17H17NO4S. The summed E-state index contributed by atoms with van der Waals surface area (Å²) in [7, 11) is 3.17. The predicted octanol–water partition coefficient (Wildman–Crippen LogP) is 4.09. The molecule has 5 nitrogen and oxygen atoms in total. The number of aromatic amines is 1. The average molecular weight is 331 g/mol. The topological polar surface area (TPSA) is 60.6 Å². The highest BCUT2D eigenvalue weighted by atomic mass is 32.1. The summed E-state index contributed by atoms with van der Waals surface area (Å²) in [5.41, 5.74) is 3.03. The van der Waals surface area contributed by atoms with Gasteiger partial charge in [-0.15, -0.1) is 0 Å². The third-order valence-electron chi connectivity index (χ3n) is 3.59. The number of rotatable bonds is 5. The Bertz CT molecular complexity index is 836. The summed E-state index contributed by atoms with van der Waals surface area (Å²) in [4.78, 5) is 15.5. The van der Waals surface area contributed by atoms with Crippen molar-refractivity contribution in [2.24, 2.45) is 0 Å². The number of nitrogens with one attached hydrogen (secondary N) is 1. The molecule has 120 valence electrons. The maximum Gasteiger partial charge on any atom is 0.355 e. The van der Waals surface area contributed by atoms with Gasteiger partial charge in [0.05, 0.1) is 26.3 Å². The zero-order valence-corrected chi connectivity index (χ0v) is 14.0. The minimum Gasteiger partial charge on any atom is -0.493 e. The minimum absolute atomic E-state index is 0.323. The SMILES string of the molecule is CCOC(=O)c1[nH]c2cc(OC)c(OC)cc2c1-c1ccsc1. The lowest BCUT2D eigenvalue weighted by atomic mass is 10.0. The normalized spacial score (nSPS) is 10.7. The quantitative estimate of drug-likeness (QED) is 0.715. The Labute approximate surface area is 137 Å². The summed E-state index contributed by atoms with van der Waals surface area (Å²) in [6.45, 7) is 2.11. The van der Waals surface area contributed by atoms with Crippen molar-refractivity contribution in [1.29, 1.82) is 0 Å². The van der Waals surface area contributed by atoms with Gasteiger partial charge in [0.2, 0.25) is 0 Å². The van der Waals surface area contributed by atoms with Crippen molar-refractivity contribution < 1.29 is 19.0 Å². The smallest absolute Gasteiger partial charge is 0.355 e. The van der Waals surface area contributed by atoms with Crippen LogP contribution in [0.15, 0.2) is 29.0 Å². The molecule has 1 N–H and O–H groups in total. The standard InChI is InChI=1S/C17H17NO4S/c1-4-22-17(19)16-15(10-5-6-23-9-10)11-7-13(20-2)14(21-3)8-12(11)18-16/h5-9,18H,4H2,1-3H3. The number of carbonyl (C=O) groups is 1. The molecule has 3 rings (SSSR count). The zero-order valence-electron chi connectivity index (χ0n) is 13.1. The molecule has 23 heavy (non-hydrogen) atoms. The van der Waals surface area contributed by atoms with Crippen LogP contribution in [-0.4, -0.2) is 31.8 Å². The summed E-state index contributed by atoms with van der Waals surface area (Å²) in [5.74, 6) is 0.849. The largest absolute Gasteiger partial charge is 0.493 e. The number of hydrogen-bond donors (Lipinski definition) is 1. The maximum atomic E-state index is 12.3. The Morgan fingerprint density at radius 2 is 1.96 bits per heavy atom. The third-order valence-corrected chi connectivity index (χ3v) is 4.28. The fraction of sp³-hybridized carbons (Fsp3) is 0.235. The summed E-state index contributed by atoms with van der Waals surface area (Å²) in [6, 6.07) is 5.68. The van der Waals surface area contributed by atoms with Crippen molar-refractivity contribution >= 4 is 28.2 Å². The van der Waals surface area contributed by atoms with Gasteiger partial charge < -0.3 is 19.2 Å². The number of fused-ring (bicyclic) bond motifs is 1. The molecule has 0 amide bonds. The van der Waals surface area contributed by atoms with E-state index in [1.807, 2.05) is 29.0 Å². The molecule has 0 radical (unpaired) electrons. The highest BCUT2D eigenvalue weighted by Crippen LogP contribution is 2.39. The molecule has 0 atom stereocenters. The second kappa shape index (κ2) is 6.34. The Hall–Kier alpha value is -2.47. The van der Waals surface area contributed by atoms with E-state index in [0.29, 0.717) is 23.8 Å². The molecule has 0 fully saturated rings. The summed E-state index contributed by atoms with van der Waals surface area (Å²) in [6.07, 6.45) is 0. The van der Waals surface area contributed by atoms with Crippen molar-refractivity contribution in [3.8, 4) is 22.6 Å². The predicted molar refractivity (Wildman–Crippen MR) is 90.7 cm³/mol. The van der Waals surface area contributed by atoms with Crippen molar-refractivity contribution in [1.82, 2.24) is 4.98 Å². The van der Waals surface area contributed by atoms with Crippen molar-refractivity contribution in [3.05, 3.63) is 34.7 Å². The average Bonchev–Trinajstić information content (AvgIpc) is 3.20. The minimum atomic E-state index is -0.372. The Balaban J connectivity index is 2.30. The van der Waals surface area contributed by atoms with Gasteiger partial charge >= 0.3 is 5.97 Å². The molecule has 0 aliphatic heterocycles. The first kappa shape index (κ1) is 15.4. The van der Waals surface area contributed by atoms with E-state index in [-0.39, 0.29) is 5.97 Å². The number of hydrogen-bond acceptors (Lipinski definition) is 5. The van der Waals surface area contributed by atoms with Gasteiger partial charge in [0.15, 0.2) is 11.5 Å². The fourth-order valence-electron chi connectivity index (χ4n) is 2.58. The van der Waals surface area contributed by atoms with Gasteiger partial charge in [-0.2, -0.15) is 11.3 Å². The fourth-order valence-corrected chi connectivity index (χ4v) is 3.23. The second-order valence-corrected chi connectivity index (χ2v) is 5.64. The molecule has 0 unspecified atom stereocenters. The number of esters is 1. The van der Waals surface area contributed by atoms with Gasteiger partial charge in [0, 0.05) is 17.0 Å². The van der Waals surface area contributed by atoms with E-state index in [0.717, 1.165) is 22.0 Å². The van der Waals surface area contributed by atoms with E-state index in [1.165, 1.54) is 0 Å². The van der Waals surface area contributed by atoms with Gasteiger partial charge in [-0.3, -0.25) is 0 Å². The number of methoxy groups -OCH3 is 2. The van der Waals surface area contributed by atoms with Crippen LogP contribution in [0, 0.1) is 0 Å². The van der Waals surface area contributed by atoms with Crippen LogP contribution in [-0.2, 0) is 4.74 Å². The molecule has 0 spiro atoms. The Morgan fingerprint density at radius 1 is 1.22 bits per heavy atom. The Kier molecular flexibility index (Phi) is 4.25. The molecule has 0 saturated carbocycles. The molecule has 2 heterocycles. The highest BCUT2D eigenvalue weighted by Gasteiger charge is 2.22. The van der Waals surface area contributed by atoms with Gasteiger partial charge in [0.25, 0.3) is 0 Å². The van der Waals surface area contributed by atoms with E-state index >= 15 is 0 Å². The van der Waals surface area contributed by atoms with Crippen molar-refractivity contribution in [2.45, 2.75) is 6.92 Å². The van der Waals surface area contributed by atoms with E-state index in [1.54, 1.807) is 32.5 Å². The first-order chi connectivity index (χ1) is 11.2. The van der Waals surface area contributed by atoms with Crippen LogP contribution in [0.2, 0.25) is 0 Å². The van der Waals surface area contributed by atoms with Crippen LogP contribution in [0.5, 0.6) is 11.5 Å². The summed E-state index contributed by atoms with van der Waals surface area (Å²) >= 11 is 1.58. The lowest BCUT2D eigenvalue weighted by Gasteiger charge is -2.08. The van der Waals surface area contributed by atoms with Crippen molar-refractivity contribution in [2.75, 3.05) is 20.8 Å². The third kappa shape index (κ3) is 2.66. The number of ether oxygens (including phenoxy) is 3. The van der Waals surface area contributed by atoms with Crippen molar-refractivity contribution in [3.63, 3.8) is 0 Å². The summed E-state index contributed by atoms with van der Waals surface area (Å²) in [5, 5.41) is 4.87. The second-order valence-electron chi connectivity index (χ2n) is 4.86. The van der Waals surface area contributed by atoms with E-state index < -0.39 is 0 Å². The zero-order chi connectivity index (χ0) is 16.4. The van der Waals surface area contributed by atoms with Gasteiger partial charge in [-0.05, 0) is 35.4 Å². The monoisotopic (exact) mass is 331 g/mol. The van der Waals surface area contributed by atoms with Crippen LogP contribution >= 0.6 is 11.3 Å². The van der Waals surface area contributed by atoms with E-state index in [2.05, 4.69) is 4.98 Å². The van der Waals surface area contributed by atoms with E-state index in [9.17, 15) is 4.79 Å². The number of aromatic nitrogens is 1. The maximum absolute atomic E-state index is 12.3. The van der Waals surface area contributed by atoms with Crippen LogP contribution < -0.4 is 9.47 Å². The molecule has 2 aromatic heterocycles. The van der Waals surface area contributed by atoms with Gasteiger partial charge in [-0.25, -0.2) is 4.79 Å². The molecular weight excluding hydrogens is 314 g/mol.